The lowest BCUT2D eigenvalue weighted by Crippen LogP contribution is -2.09. The molecular weight excluding hydrogens is 853 g/mol. The van der Waals surface area contributed by atoms with Gasteiger partial charge in [-0.25, -0.2) is 0 Å². The molecule has 3 heteroatoms. The topological polar surface area (TPSA) is 8.17 Å². The molecule has 2 heterocycles. The Morgan fingerprint density at radius 2 is 0.652 bits per heavy atom. The van der Waals surface area contributed by atoms with Crippen molar-refractivity contribution in [3.63, 3.8) is 0 Å². The van der Waals surface area contributed by atoms with Gasteiger partial charge in [-0.2, -0.15) is 0 Å². The maximum absolute atomic E-state index is 2.40. The van der Waals surface area contributed by atoms with E-state index in [-0.39, 0.29) is 0 Å². The summed E-state index contributed by atoms with van der Waals surface area (Å²) < 4.78 is 5.00. The van der Waals surface area contributed by atoms with Crippen LogP contribution in [0.4, 0.5) is 17.1 Å². The Kier molecular flexibility index (Phi) is 9.11. The van der Waals surface area contributed by atoms with Crippen LogP contribution in [0.3, 0.4) is 0 Å². The number of nitrogens with zero attached hydrogens (tertiary/aromatic N) is 2. The zero-order valence-electron chi connectivity index (χ0n) is 37.6. The van der Waals surface area contributed by atoms with Crippen LogP contribution in [0, 0.1) is 0 Å². The van der Waals surface area contributed by atoms with E-state index in [0.29, 0.717) is 0 Å². The molecule has 14 rings (SSSR count). The Morgan fingerprint density at radius 3 is 1.23 bits per heavy atom. The van der Waals surface area contributed by atoms with Gasteiger partial charge in [-0.3, -0.25) is 0 Å². The third kappa shape index (κ3) is 6.54. The third-order valence-electron chi connectivity index (χ3n) is 14.2. The van der Waals surface area contributed by atoms with Crippen molar-refractivity contribution in [2.24, 2.45) is 0 Å². The molecule has 14 aromatic rings. The average Bonchev–Trinajstić information content (AvgIpc) is 3.96. The van der Waals surface area contributed by atoms with E-state index in [0.717, 1.165) is 22.7 Å². The Hall–Kier alpha value is -8.76. The minimum absolute atomic E-state index is 1.10. The van der Waals surface area contributed by atoms with Gasteiger partial charge >= 0.3 is 0 Å². The summed E-state index contributed by atoms with van der Waals surface area (Å²) in [7, 11) is 0. The maximum atomic E-state index is 2.40. The average molecular weight is 895 g/mol. The Balaban J connectivity index is 0.876. The first-order chi connectivity index (χ1) is 34.2. The number of benzene rings is 12. The minimum atomic E-state index is 1.10. The van der Waals surface area contributed by atoms with E-state index in [1.807, 2.05) is 11.3 Å². The number of hydrogen-bond donors (Lipinski definition) is 0. The Labute approximate surface area is 403 Å². The summed E-state index contributed by atoms with van der Waals surface area (Å²) in [6.07, 6.45) is 0. The molecule has 0 aliphatic rings. The fourth-order valence-electron chi connectivity index (χ4n) is 10.9. The Bertz CT molecular complexity index is 4240. The highest BCUT2D eigenvalue weighted by Crippen LogP contribution is 2.43. The van der Waals surface area contributed by atoms with E-state index < -0.39 is 0 Å². The van der Waals surface area contributed by atoms with Crippen molar-refractivity contribution in [2.75, 3.05) is 4.90 Å². The zero-order chi connectivity index (χ0) is 45.4. The molecule has 0 saturated carbocycles. The van der Waals surface area contributed by atoms with Crippen molar-refractivity contribution < 1.29 is 0 Å². The molecule has 2 nitrogen and oxygen atoms in total. The number of fused-ring (bicyclic) bond motifs is 12. The maximum Gasteiger partial charge on any atom is 0.0541 e. The van der Waals surface area contributed by atoms with Gasteiger partial charge < -0.3 is 9.47 Å². The van der Waals surface area contributed by atoms with Crippen LogP contribution in [-0.4, -0.2) is 4.57 Å². The molecule has 0 spiro atoms. The van der Waals surface area contributed by atoms with Crippen LogP contribution >= 0.6 is 11.3 Å². The lowest BCUT2D eigenvalue weighted by molar-refractivity contribution is 1.18. The molecule has 12 aromatic carbocycles. The summed E-state index contributed by atoms with van der Waals surface area (Å²) in [6.45, 7) is 0. The van der Waals surface area contributed by atoms with Gasteiger partial charge in [0.15, 0.2) is 0 Å². The van der Waals surface area contributed by atoms with Crippen molar-refractivity contribution in [2.45, 2.75) is 0 Å². The van der Waals surface area contributed by atoms with Crippen molar-refractivity contribution in [3.05, 3.63) is 255 Å². The van der Waals surface area contributed by atoms with Gasteiger partial charge in [0.2, 0.25) is 0 Å². The van der Waals surface area contributed by atoms with Crippen molar-refractivity contribution in [1.29, 1.82) is 0 Å². The van der Waals surface area contributed by atoms with Gasteiger partial charge in [-0.1, -0.05) is 164 Å². The molecule has 0 atom stereocenters. The SMILES string of the molecule is c1ccc(-c2ccc3c(c2)c2cc(-c4ccc(N(c5ccc(-c6ccc7c8ccccc8c8ccccc8c7c6)cc5)c5ccc6sc7ccccc7c6c5)cc4)ccc2n3-c2ccccc2)cc1. The van der Waals surface area contributed by atoms with Crippen LogP contribution in [0.25, 0.3) is 113 Å². The fourth-order valence-corrected chi connectivity index (χ4v) is 11.9. The van der Waals surface area contributed by atoms with Crippen molar-refractivity contribution in [3.8, 4) is 39.1 Å². The number of para-hydroxylation sites is 1. The normalized spacial score (nSPS) is 11.8. The zero-order valence-corrected chi connectivity index (χ0v) is 38.4. The molecule has 0 amide bonds. The molecule has 0 N–H and O–H groups in total. The summed E-state index contributed by atoms with van der Waals surface area (Å²) in [6, 6.07) is 93.7. The quantitative estimate of drug-likeness (QED) is 0.145. The number of rotatable bonds is 7. The van der Waals surface area contributed by atoms with Crippen LogP contribution in [-0.2, 0) is 0 Å². The largest absolute Gasteiger partial charge is 0.310 e. The predicted molar refractivity (Wildman–Crippen MR) is 297 cm³/mol. The third-order valence-corrected chi connectivity index (χ3v) is 15.3. The highest BCUT2D eigenvalue weighted by molar-refractivity contribution is 7.25. The van der Waals surface area contributed by atoms with E-state index in [1.54, 1.807) is 0 Å². The van der Waals surface area contributed by atoms with Crippen LogP contribution < -0.4 is 4.90 Å². The lowest BCUT2D eigenvalue weighted by Gasteiger charge is -2.26. The molecule has 0 bridgehead atoms. The second-order valence-electron chi connectivity index (χ2n) is 18.1. The highest BCUT2D eigenvalue weighted by Gasteiger charge is 2.18. The molecule has 0 saturated heterocycles. The van der Waals surface area contributed by atoms with Gasteiger partial charge in [0.05, 0.1) is 11.0 Å². The first kappa shape index (κ1) is 39.4. The summed E-state index contributed by atoms with van der Waals surface area (Å²) in [5.74, 6) is 0. The predicted octanol–water partition coefficient (Wildman–Crippen LogP) is 19.1. The van der Waals surface area contributed by atoms with Crippen LogP contribution in [0.5, 0.6) is 0 Å². The summed E-state index contributed by atoms with van der Waals surface area (Å²) in [5, 5.41) is 12.8. The highest BCUT2D eigenvalue weighted by atomic mass is 32.1. The van der Waals surface area contributed by atoms with Gasteiger partial charge in [-0.05, 0) is 157 Å². The second kappa shape index (κ2) is 16.0. The number of thiophene rings is 1. The van der Waals surface area contributed by atoms with Gasteiger partial charge in [-0.15, -0.1) is 11.3 Å². The molecule has 0 radical (unpaired) electrons. The van der Waals surface area contributed by atoms with E-state index in [1.165, 1.54) is 108 Å². The molecule has 2 aromatic heterocycles. The molecule has 0 unspecified atom stereocenters. The van der Waals surface area contributed by atoms with Crippen LogP contribution in [0.2, 0.25) is 0 Å². The minimum Gasteiger partial charge on any atom is -0.310 e. The van der Waals surface area contributed by atoms with Gasteiger partial charge in [0.25, 0.3) is 0 Å². The second-order valence-corrected chi connectivity index (χ2v) is 19.1. The van der Waals surface area contributed by atoms with E-state index in [4.69, 9.17) is 0 Å². The lowest BCUT2D eigenvalue weighted by atomic mass is 9.92. The van der Waals surface area contributed by atoms with Crippen molar-refractivity contribution in [1.82, 2.24) is 4.57 Å². The van der Waals surface area contributed by atoms with Gasteiger partial charge in [0.1, 0.15) is 0 Å². The summed E-state index contributed by atoms with van der Waals surface area (Å²) >= 11 is 1.86. The molecule has 0 aliphatic carbocycles. The van der Waals surface area contributed by atoms with Gasteiger partial charge in [0, 0.05) is 53.7 Å². The first-order valence-electron chi connectivity index (χ1n) is 23.6. The summed E-state index contributed by atoms with van der Waals surface area (Å²) in [5.41, 5.74) is 14.1. The summed E-state index contributed by atoms with van der Waals surface area (Å²) in [4.78, 5) is 2.40. The van der Waals surface area contributed by atoms with E-state index in [9.17, 15) is 0 Å². The van der Waals surface area contributed by atoms with E-state index in [2.05, 4.69) is 264 Å². The number of anilines is 3. The molecule has 0 aliphatic heterocycles. The standard InChI is InChI=1S/C66H42N2S/c1-3-13-43(14-4-1)47-28-36-63-60(40-47)61-41-48(29-37-64(61)68(63)49-15-5-2-6-16-49)45-25-32-51(33-26-45)67(52-34-38-66-62(42-52)58-21-11-12-22-65(58)69-66)50-30-23-44(24-31-50)46-27-35-57-55-19-8-7-17-53(55)54-18-9-10-20-56(54)59(57)39-46/h1-42H. The molecular formula is C66H42N2S. The van der Waals surface area contributed by atoms with Crippen LogP contribution in [0.15, 0.2) is 255 Å². The van der Waals surface area contributed by atoms with Crippen LogP contribution in [0.1, 0.15) is 0 Å². The number of aromatic nitrogens is 1. The first-order valence-corrected chi connectivity index (χ1v) is 24.5. The monoisotopic (exact) mass is 894 g/mol. The molecule has 322 valence electrons. The molecule has 69 heavy (non-hydrogen) atoms. The van der Waals surface area contributed by atoms with Crippen molar-refractivity contribution >= 4 is 103 Å². The Morgan fingerprint density at radius 1 is 0.246 bits per heavy atom. The smallest absolute Gasteiger partial charge is 0.0541 e. The van der Waals surface area contributed by atoms with E-state index >= 15 is 0 Å². The fraction of sp³-hybridized carbons (Fsp3) is 0. The molecule has 0 fully saturated rings. The number of hydrogen-bond acceptors (Lipinski definition) is 2.